The van der Waals surface area contributed by atoms with Crippen LogP contribution in [0.1, 0.15) is 68.6 Å². The van der Waals surface area contributed by atoms with E-state index in [9.17, 15) is 8.42 Å². The van der Waals surface area contributed by atoms with Crippen molar-refractivity contribution in [3.63, 3.8) is 0 Å². The fourth-order valence-electron chi connectivity index (χ4n) is 6.97. The van der Waals surface area contributed by atoms with Crippen molar-refractivity contribution in [2.45, 2.75) is 64.7 Å². The summed E-state index contributed by atoms with van der Waals surface area (Å²) in [5.41, 5.74) is 4.11. The standard InChI is InChI=1S/C23H36N2O3S/c1-5-15-12-20-16(13-22(15)28-29(24,26)27)6-8-19-18(20)10-11-23(2)17(14-25(3)4)7-9-21(19)23/h12-13,17-19,21H,5-11,14H2,1-4H3,(H2,24,26,27)/t17-,18+,19-,21+,23-/m1/s1. The maximum atomic E-state index is 11.5. The van der Waals surface area contributed by atoms with E-state index in [1.54, 1.807) is 0 Å². The smallest absolute Gasteiger partial charge is 0.371 e. The Morgan fingerprint density at radius 3 is 2.62 bits per heavy atom. The Kier molecular flexibility index (Phi) is 5.50. The third kappa shape index (κ3) is 3.84. The molecule has 3 aliphatic carbocycles. The molecular weight excluding hydrogens is 384 g/mol. The minimum atomic E-state index is -4.00. The number of benzene rings is 1. The lowest BCUT2D eigenvalue weighted by molar-refractivity contribution is 0.0210. The second-order valence-electron chi connectivity index (χ2n) is 10.1. The van der Waals surface area contributed by atoms with E-state index in [-0.39, 0.29) is 0 Å². The monoisotopic (exact) mass is 420 g/mol. The van der Waals surface area contributed by atoms with Crippen LogP contribution in [0, 0.1) is 23.2 Å². The summed E-state index contributed by atoms with van der Waals surface area (Å²) in [7, 11) is 0.402. The largest absolute Gasteiger partial charge is 0.380 e. The van der Waals surface area contributed by atoms with Crippen LogP contribution >= 0.6 is 0 Å². The molecule has 5 nitrogen and oxygen atoms in total. The molecule has 162 valence electrons. The summed E-state index contributed by atoms with van der Waals surface area (Å²) >= 11 is 0. The molecule has 3 aliphatic rings. The van der Waals surface area contributed by atoms with Crippen LogP contribution in [0.2, 0.25) is 0 Å². The minimum absolute atomic E-state index is 0.416. The van der Waals surface area contributed by atoms with Crippen molar-refractivity contribution in [3.8, 4) is 5.75 Å². The van der Waals surface area contributed by atoms with Crippen molar-refractivity contribution in [1.82, 2.24) is 4.90 Å². The maximum absolute atomic E-state index is 11.5. The molecule has 0 saturated heterocycles. The molecule has 2 N–H and O–H groups in total. The molecule has 0 unspecified atom stereocenters. The van der Waals surface area contributed by atoms with Gasteiger partial charge >= 0.3 is 10.3 Å². The van der Waals surface area contributed by atoms with Gasteiger partial charge in [0.1, 0.15) is 5.75 Å². The number of aryl methyl sites for hydroxylation is 2. The second-order valence-corrected chi connectivity index (χ2v) is 11.2. The van der Waals surface area contributed by atoms with Gasteiger partial charge in [0.2, 0.25) is 0 Å². The molecule has 6 heteroatoms. The van der Waals surface area contributed by atoms with Gasteiger partial charge in [-0.1, -0.05) is 19.9 Å². The first-order valence-corrected chi connectivity index (χ1v) is 12.6. The van der Waals surface area contributed by atoms with E-state index in [2.05, 4.69) is 32.0 Å². The van der Waals surface area contributed by atoms with E-state index in [0.29, 0.717) is 17.1 Å². The van der Waals surface area contributed by atoms with E-state index < -0.39 is 10.3 Å². The number of fused-ring (bicyclic) bond motifs is 5. The average molecular weight is 421 g/mol. The first kappa shape index (κ1) is 21.1. The van der Waals surface area contributed by atoms with Crippen LogP contribution in [0.25, 0.3) is 0 Å². The third-order valence-corrected chi connectivity index (χ3v) is 8.69. The van der Waals surface area contributed by atoms with Gasteiger partial charge in [-0.3, -0.25) is 0 Å². The lowest BCUT2D eigenvalue weighted by Crippen LogP contribution is -2.44. The quantitative estimate of drug-likeness (QED) is 0.785. The predicted octanol–water partition coefficient (Wildman–Crippen LogP) is 3.87. The van der Waals surface area contributed by atoms with Crippen molar-refractivity contribution in [1.29, 1.82) is 0 Å². The van der Waals surface area contributed by atoms with Gasteiger partial charge in [-0.05, 0) is 111 Å². The molecule has 0 aliphatic heterocycles. The highest BCUT2D eigenvalue weighted by atomic mass is 32.2. The highest BCUT2D eigenvalue weighted by Gasteiger charge is 2.54. The zero-order valence-corrected chi connectivity index (χ0v) is 19.1. The summed E-state index contributed by atoms with van der Waals surface area (Å²) in [6, 6.07) is 4.17. The normalized spacial score (nSPS) is 33.9. The number of hydrogen-bond donors (Lipinski definition) is 1. The molecule has 0 aromatic heterocycles. The van der Waals surface area contributed by atoms with E-state index in [1.165, 1.54) is 49.8 Å². The van der Waals surface area contributed by atoms with Crippen molar-refractivity contribution < 1.29 is 12.6 Å². The molecule has 1 aromatic rings. The van der Waals surface area contributed by atoms with Crippen LogP contribution < -0.4 is 9.32 Å². The van der Waals surface area contributed by atoms with Gasteiger partial charge in [0.05, 0.1) is 0 Å². The highest BCUT2D eigenvalue weighted by molar-refractivity contribution is 7.84. The summed E-state index contributed by atoms with van der Waals surface area (Å²) in [5.74, 6) is 3.39. The number of rotatable bonds is 5. The third-order valence-electron chi connectivity index (χ3n) is 8.27. The van der Waals surface area contributed by atoms with E-state index in [1.807, 2.05) is 13.0 Å². The van der Waals surface area contributed by atoms with Crippen molar-refractivity contribution >= 4 is 10.3 Å². The lowest BCUT2D eigenvalue weighted by atomic mass is 9.54. The zero-order valence-electron chi connectivity index (χ0n) is 18.3. The topological polar surface area (TPSA) is 72.6 Å². The summed E-state index contributed by atoms with van der Waals surface area (Å²) in [6.45, 7) is 5.80. The van der Waals surface area contributed by atoms with Crippen LogP contribution in [0.3, 0.4) is 0 Å². The van der Waals surface area contributed by atoms with Crippen LogP contribution in [-0.4, -0.2) is 34.0 Å². The Balaban J connectivity index is 1.64. The predicted molar refractivity (Wildman–Crippen MR) is 116 cm³/mol. The van der Waals surface area contributed by atoms with Crippen LogP contribution in [0.15, 0.2) is 12.1 Å². The minimum Gasteiger partial charge on any atom is -0.371 e. The van der Waals surface area contributed by atoms with E-state index in [0.717, 1.165) is 36.2 Å². The number of nitrogens with two attached hydrogens (primary N) is 1. The molecular formula is C23H36N2O3S. The van der Waals surface area contributed by atoms with Gasteiger partial charge in [-0.15, -0.1) is 0 Å². The molecule has 0 heterocycles. The Labute approximate surface area is 176 Å². The van der Waals surface area contributed by atoms with Crippen molar-refractivity contribution in [3.05, 3.63) is 28.8 Å². The van der Waals surface area contributed by atoms with E-state index in [4.69, 9.17) is 9.32 Å². The molecule has 0 bridgehead atoms. The molecule has 2 saturated carbocycles. The van der Waals surface area contributed by atoms with E-state index >= 15 is 0 Å². The van der Waals surface area contributed by atoms with Crippen LogP contribution in [0.5, 0.6) is 5.75 Å². The number of nitrogens with zero attached hydrogens (tertiary/aromatic N) is 1. The summed E-state index contributed by atoms with van der Waals surface area (Å²) < 4.78 is 28.1. The zero-order chi connectivity index (χ0) is 21.0. The molecule has 29 heavy (non-hydrogen) atoms. The molecule has 0 amide bonds. The second kappa shape index (κ2) is 7.54. The van der Waals surface area contributed by atoms with Gasteiger partial charge in [-0.25, -0.2) is 0 Å². The molecule has 0 spiro atoms. The van der Waals surface area contributed by atoms with Gasteiger partial charge in [-0.2, -0.15) is 13.6 Å². The fraction of sp³-hybridized carbons (Fsp3) is 0.739. The van der Waals surface area contributed by atoms with Gasteiger partial charge in [0.25, 0.3) is 0 Å². The van der Waals surface area contributed by atoms with Crippen LogP contribution in [-0.2, 0) is 23.1 Å². The fourth-order valence-corrected chi connectivity index (χ4v) is 7.38. The Morgan fingerprint density at radius 1 is 1.21 bits per heavy atom. The first-order chi connectivity index (χ1) is 13.6. The Bertz CT molecular complexity index is 882. The number of hydrogen-bond acceptors (Lipinski definition) is 4. The maximum Gasteiger partial charge on any atom is 0.380 e. The molecule has 4 rings (SSSR count). The Hall–Kier alpha value is -1.11. The van der Waals surface area contributed by atoms with Gasteiger partial charge in [0.15, 0.2) is 0 Å². The molecule has 0 radical (unpaired) electrons. The molecule has 2 fully saturated rings. The summed E-state index contributed by atoms with van der Waals surface area (Å²) in [6.07, 6.45) is 8.21. The summed E-state index contributed by atoms with van der Waals surface area (Å²) in [4.78, 5) is 2.36. The van der Waals surface area contributed by atoms with Crippen LogP contribution in [0.4, 0.5) is 0 Å². The summed E-state index contributed by atoms with van der Waals surface area (Å²) in [5, 5.41) is 5.14. The average Bonchev–Trinajstić information content (AvgIpc) is 2.95. The van der Waals surface area contributed by atoms with Gasteiger partial charge < -0.3 is 9.08 Å². The molecule has 5 atom stereocenters. The Morgan fingerprint density at radius 2 is 1.97 bits per heavy atom. The van der Waals surface area contributed by atoms with Crippen molar-refractivity contribution in [2.75, 3.05) is 20.6 Å². The molecule has 1 aromatic carbocycles. The highest BCUT2D eigenvalue weighted by Crippen LogP contribution is 2.63. The van der Waals surface area contributed by atoms with Crippen molar-refractivity contribution in [2.24, 2.45) is 28.3 Å². The first-order valence-electron chi connectivity index (χ1n) is 11.1. The van der Waals surface area contributed by atoms with Gasteiger partial charge in [0, 0.05) is 6.54 Å². The lowest BCUT2D eigenvalue weighted by Gasteiger charge is -2.51. The SMILES string of the molecule is CCc1cc2c(cc1OS(N)(=O)=O)CC[C@@H]1[C@@H]2CC[C@]2(C)[C@@H](CN(C)C)CC[C@@H]12.